The zero-order chi connectivity index (χ0) is 24.0. The van der Waals surface area contributed by atoms with Gasteiger partial charge in [-0.2, -0.15) is 5.10 Å². The summed E-state index contributed by atoms with van der Waals surface area (Å²) >= 11 is -1.21. The maximum absolute atomic E-state index is 11.2. The highest BCUT2D eigenvalue weighted by Gasteiger charge is 2.23. The van der Waals surface area contributed by atoms with Crippen LogP contribution in [0.3, 0.4) is 0 Å². The van der Waals surface area contributed by atoms with Gasteiger partial charge in [-0.25, -0.2) is 9.67 Å². The van der Waals surface area contributed by atoms with E-state index >= 15 is 0 Å². The van der Waals surface area contributed by atoms with E-state index in [1.165, 1.54) is 0 Å². The minimum Gasteiger partial charge on any atom is -0.592 e. The van der Waals surface area contributed by atoms with Crippen molar-refractivity contribution >= 4 is 34.3 Å². The SMILES string of the molecule is C[S+]([O-])N=CCCOc1cc(N2CCOCC2)nc2c(-c3ccnn3C3CCCCO3)nccc12. The Kier molecular flexibility index (Phi) is 7.77. The van der Waals surface area contributed by atoms with Gasteiger partial charge in [-0.15, -0.1) is 0 Å². The maximum atomic E-state index is 11.2. The average molecular weight is 499 g/mol. The molecule has 2 aliphatic heterocycles. The Balaban J connectivity index is 1.54. The van der Waals surface area contributed by atoms with Crippen molar-refractivity contribution in [3.63, 3.8) is 0 Å². The Morgan fingerprint density at radius 2 is 2.11 bits per heavy atom. The van der Waals surface area contributed by atoms with Crippen molar-refractivity contribution in [2.75, 3.05) is 50.7 Å². The van der Waals surface area contributed by atoms with Gasteiger partial charge in [0, 0.05) is 50.0 Å². The van der Waals surface area contributed by atoms with E-state index in [0.29, 0.717) is 26.2 Å². The number of pyridine rings is 2. The molecule has 186 valence electrons. The van der Waals surface area contributed by atoms with Crippen LogP contribution in [-0.4, -0.2) is 76.3 Å². The fraction of sp³-hybridized carbons (Fsp3) is 0.500. The van der Waals surface area contributed by atoms with E-state index in [2.05, 4.69) is 14.4 Å². The molecule has 11 heteroatoms. The van der Waals surface area contributed by atoms with Gasteiger partial charge < -0.3 is 23.7 Å². The van der Waals surface area contributed by atoms with Crippen molar-refractivity contribution in [2.45, 2.75) is 31.9 Å². The second-order valence-electron chi connectivity index (χ2n) is 8.46. The van der Waals surface area contributed by atoms with Crippen LogP contribution < -0.4 is 9.64 Å². The highest BCUT2D eigenvalue weighted by molar-refractivity contribution is 7.89. The second-order valence-corrected chi connectivity index (χ2v) is 9.52. The first kappa shape index (κ1) is 24.0. The summed E-state index contributed by atoms with van der Waals surface area (Å²) in [5.74, 6) is 1.56. The van der Waals surface area contributed by atoms with Crippen LogP contribution in [0.5, 0.6) is 5.75 Å². The number of ether oxygens (including phenoxy) is 3. The summed E-state index contributed by atoms with van der Waals surface area (Å²) in [6.07, 6.45) is 10.3. The molecule has 2 unspecified atom stereocenters. The Bertz CT molecular complexity index is 1160. The normalized spacial score (nSPS) is 19.9. The largest absolute Gasteiger partial charge is 0.592 e. The highest BCUT2D eigenvalue weighted by Crippen LogP contribution is 2.36. The van der Waals surface area contributed by atoms with Gasteiger partial charge in [-0.3, -0.25) is 4.98 Å². The van der Waals surface area contributed by atoms with Gasteiger partial charge in [-0.1, -0.05) is 4.40 Å². The van der Waals surface area contributed by atoms with Crippen molar-refractivity contribution < 1.29 is 18.8 Å². The number of fused-ring (bicyclic) bond motifs is 1. The van der Waals surface area contributed by atoms with Crippen LogP contribution in [0.1, 0.15) is 31.9 Å². The first-order valence-corrected chi connectivity index (χ1v) is 13.5. The molecule has 2 atom stereocenters. The lowest BCUT2D eigenvalue weighted by atomic mass is 10.1. The first-order valence-electron chi connectivity index (χ1n) is 12.0. The Labute approximate surface area is 207 Å². The molecular formula is C24H30N6O4S. The van der Waals surface area contributed by atoms with Crippen LogP contribution in [0.15, 0.2) is 35.0 Å². The van der Waals surface area contributed by atoms with Crippen LogP contribution in [-0.2, 0) is 20.8 Å². The van der Waals surface area contributed by atoms with E-state index in [0.717, 1.165) is 72.8 Å². The van der Waals surface area contributed by atoms with E-state index < -0.39 is 11.4 Å². The quantitative estimate of drug-likeness (QED) is 0.265. The smallest absolute Gasteiger partial charge is 0.150 e. The molecule has 0 amide bonds. The van der Waals surface area contributed by atoms with Crippen LogP contribution in [0.25, 0.3) is 22.3 Å². The summed E-state index contributed by atoms with van der Waals surface area (Å²) in [4.78, 5) is 12.0. The molecule has 2 aliphatic rings. The summed E-state index contributed by atoms with van der Waals surface area (Å²) in [5.41, 5.74) is 2.38. The second kappa shape index (κ2) is 11.3. The van der Waals surface area contributed by atoms with Crippen molar-refractivity contribution in [1.82, 2.24) is 19.7 Å². The fourth-order valence-corrected chi connectivity index (χ4v) is 4.71. The van der Waals surface area contributed by atoms with Gasteiger partial charge in [0.1, 0.15) is 29.0 Å². The van der Waals surface area contributed by atoms with E-state index in [9.17, 15) is 4.55 Å². The third-order valence-corrected chi connectivity index (χ3v) is 6.53. The zero-order valence-electron chi connectivity index (χ0n) is 19.8. The number of rotatable bonds is 8. The van der Waals surface area contributed by atoms with E-state index in [1.54, 1.807) is 24.9 Å². The molecular weight excluding hydrogens is 468 g/mol. The Hall–Kier alpha value is -2.73. The number of hydrogen-bond acceptors (Lipinski definition) is 9. The van der Waals surface area contributed by atoms with Crippen molar-refractivity contribution in [1.29, 1.82) is 0 Å². The average Bonchev–Trinajstić information content (AvgIpc) is 3.38. The predicted molar refractivity (Wildman–Crippen MR) is 135 cm³/mol. The molecule has 2 saturated heterocycles. The summed E-state index contributed by atoms with van der Waals surface area (Å²) in [6, 6.07) is 5.87. The van der Waals surface area contributed by atoms with Crippen LogP contribution in [0, 0.1) is 0 Å². The molecule has 10 nitrogen and oxygen atoms in total. The summed E-state index contributed by atoms with van der Waals surface area (Å²) < 4.78 is 34.8. The predicted octanol–water partition coefficient (Wildman–Crippen LogP) is 3.16. The number of hydrogen-bond donors (Lipinski definition) is 0. The highest BCUT2D eigenvalue weighted by atomic mass is 32.2. The molecule has 2 fully saturated rings. The molecule has 3 aromatic heterocycles. The summed E-state index contributed by atoms with van der Waals surface area (Å²) in [7, 11) is 0. The van der Waals surface area contributed by atoms with Gasteiger partial charge in [-0.05, 0) is 31.4 Å². The molecule has 0 aliphatic carbocycles. The van der Waals surface area contributed by atoms with Crippen molar-refractivity contribution in [3.05, 3.63) is 30.6 Å². The van der Waals surface area contributed by atoms with E-state index in [4.69, 9.17) is 24.2 Å². The van der Waals surface area contributed by atoms with Gasteiger partial charge in [0.25, 0.3) is 0 Å². The minimum atomic E-state index is -1.21. The number of nitrogens with zero attached hydrogens (tertiary/aromatic N) is 6. The molecule has 5 heterocycles. The van der Waals surface area contributed by atoms with Gasteiger partial charge in [0.05, 0.1) is 43.1 Å². The van der Waals surface area contributed by atoms with Crippen molar-refractivity contribution in [2.24, 2.45) is 4.40 Å². The number of anilines is 1. The standard InChI is InChI=1S/C24H30N6O4S/c1-35(31)27-8-4-14-33-20-17-21(29-11-15-32-16-12-29)28-23-18(20)6-9-25-24(23)19-7-10-26-30(19)22-5-2-3-13-34-22/h6-10,17,22H,2-5,11-16H2,1H3. The Morgan fingerprint density at radius 3 is 2.91 bits per heavy atom. The molecule has 5 rings (SSSR count). The van der Waals surface area contributed by atoms with Crippen LogP contribution >= 0.6 is 0 Å². The van der Waals surface area contributed by atoms with Gasteiger partial charge >= 0.3 is 0 Å². The molecule has 0 saturated carbocycles. The fourth-order valence-electron chi connectivity index (χ4n) is 4.40. The van der Waals surface area contributed by atoms with Crippen LogP contribution in [0.4, 0.5) is 5.82 Å². The minimum absolute atomic E-state index is 0.104. The molecule has 35 heavy (non-hydrogen) atoms. The Morgan fingerprint density at radius 1 is 1.23 bits per heavy atom. The third kappa shape index (κ3) is 5.58. The van der Waals surface area contributed by atoms with Crippen LogP contribution in [0.2, 0.25) is 0 Å². The first-order chi connectivity index (χ1) is 17.2. The molecule has 0 N–H and O–H groups in total. The zero-order valence-corrected chi connectivity index (χ0v) is 20.7. The molecule has 0 spiro atoms. The molecule has 0 radical (unpaired) electrons. The van der Waals surface area contributed by atoms with Crippen molar-refractivity contribution in [3.8, 4) is 17.1 Å². The summed E-state index contributed by atoms with van der Waals surface area (Å²) in [5, 5.41) is 5.44. The number of morpholine rings is 1. The topological polar surface area (TPSA) is 110 Å². The molecule has 0 bridgehead atoms. The van der Waals surface area contributed by atoms with E-state index in [1.807, 2.05) is 22.9 Å². The number of aromatic nitrogens is 4. The lowest BCUT2D eigenvalue weighted by Crippen LogP contribution is -2.36. The summed E-state index contributed by atoms with van der Waals surface area (Å²) in [6.45, 7) is 3.98. The third-order valence-electron chi connectivity index (χ3n) is 6.08. The molecule has 3 aromatic rings. The van der Waals surface area contributed by atoms with Gasteiger partial charge in [0.15, 0.2) is 6.23 Å². The lowest BCUT2D eigenvalue weighted by Gasteiger charge is -2.28. The van der Waals surface area contributed by atoms with Gasteiger partial charge in [0.2, 0.25) is 0 Å². The monoisotopic (exact) mass is 498 g/mol. The molecule has 0 aromatic carbocycles. The van der Waals surface area contributed by atoms with E-state index in [-0.39, 0.29) is 6.23 Å². The lowest BCUT2D eigenvalue weighted by molar-refractivity contribution is -0.0383. The maximum Gasteiger partial charge on any atom is 0.150 e.